The maximum atomic E-state index is 12.1. The minimum Gasteiger partial charge on any atom is -0.391 e. The number of hydrogen-bond donors (Lipinski definition) is 1. The summed E-state index contributed by atoms with van der Waals surface area (Å²) in [6, 6.07) is 0. The van der Waals surface area contributed by atoms with E-state index >= 15 is 0 Å². The van der Waals surface area contributed by atoms with Gasteiger partial charge in [-0.15, -0.1) is 0 Å². The number of carbonyl (C=O) groups excluding carboxylic acids is 1. The Hall–Kier alpha value is -1.47. The minimum absolute atomic E-state index is 0.0475. The molecule has 1 aliphatic heterocycles. The summed E-state index contributed by atoms with van der Waals surface area (Å²) >= 11 is 0. The van der Waals surface area contributed by atoms with E-state index in [4.69, 9.17) is 0 Å². The minimum atomic E-state index is -0.391. The fourth-order valence-electron chi connectivity index (χ4n) is 2.37. The van der Waals surface area contributed by atoms with Gasteiger partial charge in [0.05, 0.1) is 12.6 Å². The fourth-order valence-corrected chi connectivity index (χ4v) is 2.37. The molecule has 1 aromatic heterocycles. The molecule has 2 atom stereocenters. The van der Waals surface area contributed by atoms with Gasteiger partial charge < -0.3 is 14.9 Å². The Balaban J connectivity index is 1.76. The van der Waals surface area contributed by atoms with Gasteiger partial charge in [-0.2, -0.15) is 5.10 Å². The Bertz CT molecular complexity index is 408. The predicted octanol–water partition coefficient (Wildman–Crippen LogP) is -0.951. The monoisotopic (exact) mass is 267 g/mol. The summed E-state index contributed by atoms with van der Waals surface area (Å²) in [6.45, 7) is 2.67. The first kappa shape index (κ1) is 14.0. The molecule has 0 radical (unpaired) electrons. The Labute approximate surface area is 112 Å². The molecular formula is C12H21N5O2. The molecule has 7 nitrogen and oxygen atoms in total. The van der Waals surface area contributed by atoms with Crippen molar-refractivity contribution in [2.45, 2.75) is 19.1 Å². The van der Waals surface area contributed by atoms with Crippen molar-refractivity contribution in [3.05, 3.63) is 12.7 Å². The van der Waals surface area contributed by atoms with E-state index in [9.17, 15) is 9.90 Å². The van der Waals surface area contributed by atoms with Crippen molar-refractivity contribution >= 4 is 5.91 Å². The zero-order chi connectivity index (χ0) is 13.8. The number of likely N-dealkylation sites (N-methyl/N-ethyl adjacent to an activating group) is 2. The van der Waals surface area contributed by atoms with Crippen LogP contribution in [0.1, 0.15) is 6.42 Å². The van der Waals surface area contributed by atoms with Crippen LogP contribution in [-0.2, 0) is 11.3 Å². The molecule has 1 aliphatic rings. The number of rotatable bonds is 5. The lowest BCUT2D eigenvalue weighted by Crippen LogP contribution is -2.33. The Kier molecular flexibility index (Phi) is 4.49. The van der Waals surface area contributed by atoms with E-state index in [-0.39, 0.29) is 11.8 Å². The second-order valence-corrected chi connectivity index (χ2v) is 5.23. The number of aliphatic hydroxyl groups excluding tert-OH is 1. The average Bonchev–Trinajstić information content (AvgIpc) is 2.97. The molecule has 2 rings (SSSR count). The third-order valence-electron chi connectivity index (χ3n) is 3.58. The van der Waals surface area contributed by atoms with E-state index < -0.39 is 6.10 Å². The van der Waals surface area contributed by atoms with Crippen LogP contribution in [0.25, 0.3) is 0 Å². The van der Waals surface area contributed by atoms with Gasteiger partial charge in [0.15, 0.2) is 0 Å². The normalized spacial score (nSPS) is 23.7. The smallest absolute Gasteiger partial charge is 0.222 e. The summed E-state index contributed by atoms with van der Waals surface area (Å²) in [5, 5.41) is 13.8. The van der Waals surface area contributed by atoms with Crippen LogP contribution in [0.5, 0.6) is 0 Å². The van der Waals surface area contributed by atoms with Crippen molar-refractivity contribution in [3.8, 4) is 0 Å². The molecule has 1 N–H and O–H groups in total. The molecule has 0 bridgehead atoms. The standard InChI is InChI=1S/C12H21N5O2/c1-15-6-10(11(18)7-15)5-12(19)16(2)3-4-17-9-13-8-14-17/h8-11,18H,3-7H2,1-2H3/t10-,11-/m1/s1. The van der Waals surface area contributed by atoms with Crippen LogP contribution in [0.15, 0.2) is 12.7 Å². The third kappa shape index (κ3) is 3.74. The zero-order valence-electron chi connectivity index (χ0n) is 11.4. The van der Waals surface area contributed by atoms with Gasteiger partial charge in [-0.05, 0) is 7.05 Å². The molecule has 1 saturated heterocycles. The highest BCUT2D eigenvalue weighted by molar-refractivity contribution is 5.76. The number of aliphatic hydroxyl groups is 1. The molecule has 106 valence electrons. The van der Waals surface area contributed by atoms with Crippen LogP contribution in [0.3, 0.4) is 0 Å². The largest absolute Gasteiger partial charge is 0.391 e. The maximum absolute atomic E-state index is 12.1. The van der Waals surface area contributed by atoms with Crippen molar-refractivity contribution in [3.63, 3.8) is 0 Å². The van der Waals surface area contributed by atoms with Crippen LogP contribution in [0.2, 0.25) is 0 Å². The lowest BCUT2D eigenvalue weighted by molar-refractivity contribution is -0.131. The fraction of sp³-hybridized carbons (Fsp3) is 0.750. The molecule has 1 fully saturated rings. The lowest BCUT2D eigenvalue weighted by atomic mass is 10.0. The van der Waals surface area contributed by atoms with E-state index in [1.807, 2.05) is 7.05 Å². The number of amides is 1. The molecule has 7 heteroatoms. The van der Waals surface area contributed by atoms with Gasteiger partial charge in [0.1, 0.15) is 12.7 Å². The number of hydrogen-bond acceptors (Lipinski definition) is 5. The number of carbonyl (C=O) groups is 1. The van der Waals surface area contributed by atoms with Gasteiger partial charge in [-0.1, -0.05) is 0 Å². The van der Waals surface area contributed by atoms with Crippen molar-refractivity contribution in [2.75, 3.05) is 33.7 Å². The second-order valence-electron chi connectivity index (χ2n) is 5.23. The second kappa shape index (κ2) is 6.12. The first-order valence-corrected chi connectivity index (χ1v) is 6.49. The quantitative estimate of drug-likeness (QED) is 0.744. The maximum Gasteiger partial charge on any atom is 0.222 e. The summed E-state index contributed by atoms with van der Waals surface area (Å²) in [5.74, 6) is 0.116. The first-order chi connectivity index (χ1) is 9.06. The summed E-state index contributed by atoms with van der Waals surface area (Å²) in [7, 11) is 3.74. The topological polar surface area (TPSA) is 74.5 Å². The third-order valence-corrected chi connectivity index (χ3v) is 3.58. The molecule has 1 aromatic rings. The number of likely N-dealkylation sites (tertiary alicyclic amines) is 1. The van der Waals surface area contributed by atoms with Crippen molar-refractivity contribution in [1.29, 1.82) is 0 Å². The van der Waals surface area contributed by atoms with Crippen molar-refractivity contribution < 1.29 is 9.90 Å². The molecule has 0 aliphatic carbocycles. The van der Waals surface area contributed by atoms with Gasteiger partial charge >= 0.3 is 0 Å². The summed E-state index contributed by atoms with van der Waals surface area (Å²) < 4.78 is 1.70. The van der Waals surface area contributed by atoms with Gasteiger partial charge in [0, 0.05) is 39.0 Å². The van der Waals surface area contributed by atoms with Crippen LogP contribution in [0.4, 0.5) is 0 Å². The highest BCUT2D eigenvalue weighted by Gasteiger charge is 2.31. The zero-order valence-corrected chi connectivity index (χ0v) is 11.4. The van der Waals surface area contributed by atoms with Crippen LogP contribution in [0, 0.1) is 5.92 Å². The van der Waals surface area contributed by atoms with Crippen LogP contribution in [-0.4, -0.2) is 75.4 Å². The molecule has 19 heavy (non-hydrogen) atoms. The van der Waals surface area contributed by atoms with E-state index in [1.165, 1.54) is 6.33 Å². The molecular weight excluding hydrogens is 246 g/mol. The number of β-amino-alcohol motifs (C(OH)–C–C–N with tert-alkyl or cyclic N) is 1. The summed E-state index contributed by atoms with van der Waals surface area (Å²) in [6.07, 6.45) is 3.12. The lowest BCUT2D eigenvalue weighted by Gasteiger charge is -2.20. The van der Waals surface area contributed by atoms with E-state index in [2.05, 4.69) is 15.0 Å². The molecule has 1 amide bonds. The van der Waals surface area contributed by atoms with E-state index in [1.54, 1.807) is 23.0 Å². The molecule has 0 aromatic carbocycles. The predicted molar refractivity (Wildman–Crippen MR) is 69.3 cm³/mol. The number of aromatic nitrogens is 3. The van der Waals surface area contributed by atoms with Crippen LogP contribution >= 0.6 is 0 Å². The van der Waals surface area contributed by atoms with Crippen molar-refractivity contribution in [2.24, 2.45) is 5.92 Å². The van der Waals surface area contributed by atoms with Gasteiger partial charge in [-0.25, -0.2) is 4.98 Å². The van der Waals surface area contributed by atoms with Gasteiger partial charge in [0.2, 0.25) is 5.91 Å². The Morgan fingerprint density at radius 2 is 2.32 bits per heavy atom. The average molecular weight is 267 g/mol. The van der Waals surface area contributed by atoms with Crippen molar-refractivity contribution in [1.82, 2.24) is 24.6 Å². The Morgan fingerprint density at radius 1 is 1.53 bits per heavy atom. The SMILES string of the molecule is CN1C[C@@H](CC(=O)N(C)CCn2cncn2)[C@H](O)C1. The molecule has 0 spiro atoms. The number of nitrogens with zero attached hydrogens (tertiary/aromatic N) is 5. The van der Waals surface area contributed by atoms with Crippen LogP contribution < -0.4 is 0 Å². The van der Waals surface area contributed by atoms with E-state index in [0.29, 0.717) is 26.1 Å². The highest BCUT2D eigenvalue weighted by Crippen LogP contribution is 2.19. The molecule has 2 heterocycles. The highest BCUT2D eigenvalue weighted by atomic mass is 16.3. The Morgan fingerprint density at radius 3 is 2.89 bits per heavy atom. The van der Waals surface area contributed by atoms with Gasteiger partial charge in [0.25, 0.3) is 0 Å². The van der Waals surface area contributed by atoms with E-state index in [0.717, 1.165) is 6.54 Å². The van der Waals surface area contributed by atoms with Gasteiger partial charge in [-0.3, -0.25) is 9.48 Å². The summed E-state index contributed by atoms with van der Waals surface area (Å²) in [5.41, 5.74) is 0. The molecule has 0 unspecified atom stereocenters. The summed E-state index contributed by atoms with van der Waals surface area (Å²) in [4.78, 5) is 19.7. The molecule has 0 saturated carbocycles. The first-order valence-electron chi connectivity index (χ1n) is 6.49.